The highest BCUT2D eigenvalue weighted by atomic mass is 35.5. The molecule has 0 unspecified atom stereocenters. The molecule has 0 saturated carbocycles. The average Bonchev–Trinajstić information content (AvgIpc) is 3.21. The van der Waals surface area contributed by atoms with E-state index in [0.717, 1.165) is 0 Å². The van der Waals surface area contributed by atoms with Crippen molar-refractivity contribution in [1.82, 2.24) is 15.5 Å². The van der Waals surface area contributed by atoms with E-state index in [-0.39, 0.29) is 24.4 Å². The number of carbonyl (C=O) groups is 3. The third-order valence-corrected chi connectivity index (χ3v) is 4.74. The van der Waals surface area contributed by atoms with Crippen molar-refractivity contribution in [3.8, 4) is 0 Å². The number of hydrogen-bond donors (Lipinski definition) is 2. The summed E-state index contributed by atoms with van der Waals surface area (Å²) < 4.78 is 5.13. The van der Waals surface area contributed by atoms with Crippen LogP contribution >= 0.6 is 11.6 Å². The van der Waals surface area contributed by atoms with Gasteiger partial charge in [-0.15, -0.1) is 0 Å². The van der Waals surface area contributed by atoms with E-state index in [1.165, 1.54) is 6.26 Å². The predicted octanol–water partition coefficient (Wildman–Crippen LogP) is 2.08. The molecule has 1 aromatic heterocycles. The number of likely N-dealkylation sites (tertiary alicyclic amines) is 1. The molecule has 1 aliphatic heterocycles. The summed E-state index contributed by atoms with van der Waals surface area (Å²) >= 11 is 5.97. The summed E-state index contributed by atoms with van der Waals surface area (Å²) in [6, 6.07) is 9.94. The van der Waals surface area contributed by atoms with E-state index in [1.54, 1.807) is 41.3 Å². The van der Waals surface area contributed by atoms with Crippen molar-refractivity contribution in [2.24, 2.45) is 0 Å². The van der Waals surface area contributed by atoms with Gasteiger partial charge in [-0.25, -0.2) is 0 Å². The highest BCUT2D eigenvalue weighted by molar-refractivity contribution is 6.33. The third-order valence-electron chi connectivity index (χ3n) is 4.41. The number of amides is 3. The molecule has 7 nitrogen and oxygen atoms in total. The molecule has 0 spiro atoms. The van der Waals surface area contributed by atoms with Gasteiger partial charge in [0.05, 0.1) is 23.4 Å². The lowest BCUT2D eigenvalue weighted by atomic mass is 10.0. The van der Waals surface area contributed by atoms with Crippen molar-refractivity contribution >= 4 is 29.3 Å². The normalized spacial score (nSPS) is 14.6. The van der Waals surface area contributed by atoms with E-state index in [1.807, 2.05) is 0 Å². The maximum Gasteiger partial charge on any atom is 0.289 e. The van der Waals surface area contributed by atoms with Gasteiger partial charge in [0.15, 0.2) is 5.76 Å². The number of furan rings is 1. The van der Waals surface area contributed by atoms with Gasteiger partial charge in [0.2, 0.25) is 5.91 Å². The van der Waals surface area contributed by atoms with E-state index in [9.17, 15) is 14.4 Å². The van der Waals surface area contributed by atoms with Crippen LogP contribution in [0.3, 0.4) is 0 Å². The summed E-state index contributed by atoms with van der Waals surface area (Å²) in [6.45, 7) is 0.947. The minimum atomic E-state index is -0.394. The van der Waals surface area contributed by atoms with Gasteiger partial charge in [0.1, 0.15) is 0 Å². The standard InChI is InChI=1S/C19H20ClN3O4/c20-15-5-2-1-4-14(15)18(25)21-12-17(24)22-13-7-9-23(10-8-13)19(26)16-6-3-11-27-16/h1-6,11,13H,7-10,12H2,(H,21,25)(H,22,24). The molecule has 0 aliphatic carbocycles. The zero-order chi connectivity index (χ0) is 19.2. The average molecular weight is 390 g/mol. The molecular formula is C19H20ClN3O4. The fourth-order valence-electron chi connectivity index (χ4n) is 2.96. The van der Waals surface area contributed by atoms with E-state index >= 15 is 0 Å². The van der Waals surface area contributed by atoms with Gasteiger partial charge in [-0.2, -0.15) is 0 Å². The minimum Gasteiger partial charge on any atom is -0.459 e. The predicted molar refractivity (Wildman–Crippen MR) is 99.6 cm³/mol. The molecule has 8 heteroatoms. The number of carbonyl (C=O) groups excluding carboxylic acids is 3. The molecule has 27 heavy (non-hydrogen) atoms. The van der Waals surface area contributed by atoms with Crippen molar-refractivity contribution in [3.63, 3.8) is 0 Å². The maximum atomic E-state index is 12.2. The van der Waals surface area contributed by atoms with Crippen molar-refractivity contribution in [1.29, 1.82) is 0 Å². The molecule has 0 radical (unpaired) electrons. The molecular weight excluding hydrogens is 370 g/mol. The summed E-state index contributed by atoms with van der Waals surface area (Å²) in [5.74, 6) is -0.489. The Kier molecular flexibility index (Phi) is 6.13. The van der Waals surface area contributed by atoms with Crippen LogP contribution in [0.5, 0.6) is 0 Å². The topological polar surface area (TPSA) is 91.7 Å². The molecule has 1 aromatic carbocycles. The Balaban J connectivity index is 1.41. The quantitative estimate of drug-likeness (QED) is 0.819. The van der Waals surface area contributed by atoms with Crippen LogP contribution in [-0.2, 0) is 4.79 Å². The molecule has 2 N–H and O–H groups in total. The molecule has 3 rings (SSSR count). The number of nitrogens with one attached hydrogen (secondary N) is 2. The number of benzene rings is 1. The van der Waals surface area contributed by atoms with Crippen LogP contribution in [0.1, 0.15) is 33.8 Å². The summed E-state index contributed by atoms with van der Waals surface area (Å²) in [4.78, 5) is 38.1. The highest BCUT2D eigenvalue weighted by Gasteiger charge is 2.25. The molecule has 2 heterocycles. The first kappa shape index (κ1) is 19.0. The minimum absolute atomic E-state index is 0.0321. The smallest absolute Gasteiger partial charge is 0.289 e. The Hall–Kier alpha value is -2.80. The fraction of sp³-hybridized carbons (Fsp3) is 0.316. The Bertz CT molecular complexity index is 814. The number of rotatable bonds is 5. The Morgan fingerprint density at radius 1 is 1.11 bits per heavy atom. The fourth-order valence-corrected chi connectivity index (χ4v) is 3.18. The van der Waals surface area contributed by atoms with Crippen LogP contribution in [0.2, 0.25) is 5.02 Å². The SMILES string of the molecule is O=C(CNC(=O)c1ccccc1Cl)NC1CCN(C(=O)c2ccco2)CC1. The summed E-state index contributed by atoms with van der Waals surface area (Å²) in [6.07, 6.45) is 2.77. The first-order valence-electron chi connectivity index (χ1n) is 8.69. The van der Waals surface area contributed by atoms with Crippen LogP contribution in [0.15, 0.2) is 47.1 Å². The van der Waals surface area contributed by atoms with Crippen LogP contribution in [0.25, 0.3) is 0 Å². The van der Waals surface area contributed by atoms with Crippen LogP contribution in [0.4, 0.5) is 0 Å². The van der Waals surface area contributed by atoms with Crippen LogP contribution < -0.4 is 10.6 Å². The van der Waals surface area contributed by atoms with Gasteiger partial charge in [-0.05, 0) is 37.1 Å². The monoisotopic (exact) mass is 389 g/mol. The van der Waals surface area contributed by atoms with E-state index in [2.05, 4.69) is 10.6 Å². The number of halogens is 1. The lowest BCUT2D eigenvalue weighted by Crippen LogP contribution is -2.48. The van der Waals surface area contributed by atoms with E-state index in [0.29, 0.717) is 42.3 Å². The van der Waals surface area contributed by atoms with Gasteiger partial charge in [-0.3, -0.25) is 14.4 Å². The van der Waals surface area contributed by atoms with E-state index < -0.39 is 5.91 Å². The Morgan fingerprint density at radius 3 is 2.52 bits per heavy atom. The number of nitrogens with zero attached hydrogens (tertiary/aromatic N) is 1. The third kappa shape index (κ3) is 4.89. The molecule has 0 atom stereocenters. The zero-order valence-corrected chi connectivity index (χ0v) is 15.4. The van der Waals surface area contributed by atoms with E-state index in [4.69, 9.17) is 16.0 Å². The summed E-state index contributed by atoms with van der Waals surface area (Å²) in [7, 11) is 0. The number of piperidine rings is 1. The van der Waals surface area contributed by atoms with Gasteiger partial charge in [0, 0.05) is 19.1 Å². The Morgan fingerprint density at radius 2 is 1.85 bits per heavy atom. The van der Waals surface area contributed by atoms with Gasteiger partial charge >= 0.3 is 0 Å². The maximum absolute atomic E-state index is 12.2. The van der Waals surface area contributed by atoms with Crippen molar-refractivity contribution in [2.75, 3.05) is 19.6 Å². The van der Waals surface area contributed by atoms with Crippen molar-refractivity contribution < 1.29 is 18.8 Å². The first-order chi connectivity index (χ1) is 13.0. The second-order valence-corrected chi connectivity index (χ2v) is 6.68. The summed E-state index contributed by atoms with van der Waals surface area (Å²) in [5, 5.41) is 5.79. The van der Waals surface area contributed by atoms with Crippen molar-refractivity contribution in [2.45, 2.75) is 18.9 Å². The molecule has 1 saturated heterocycles. The van der Waals surface area contributed by atoms with Gasteiger partial charge in [0.25, 0.3) is 11.8 Å². The van der Waals surface area contributed by atoms with Crippen LogP contribution in [0, 0.1) is 0 Å². The second-order valence-electron chi connectivity index (χ2n) is 6.27. The van der Waals surface area contributed by atoms with Crippen molar-refractivity contribution in [3.05, 3.63) is 59.0 Å². The Labute approximate surface area is 161 Å². The molecule has 142 valence electrons. The first-order valence-corrected chi connectivity index (χ1v) is 9.07. The second kappa shape index (κ2) is 8.73. The highest BCUT2D eigenvalue weighted by Crippen LogP contribution is 2.15. The molecule has 0 bridgehead atoms. The largest absolute Gasteiger partial charge is 0.459 e. The summed E-state index contributed by atoms with van der Waals surface area (Å²) in [5.41, 5.74) is 0.330. The molecule has 3 amide bonds. The zero-order valence-electron chi connectivity index (χ0n) is 14.6. The van der Waals surface area contributed by atoms with Gasteiger partial charge in [-0.1, -0.05) is 23.7 Å². The number of hydrogen-bond acceptors (Lipinski definition) is 4. The van der Waals surface area contributed by atoms with Crippen LogP contribution in [-0.4, -0.2) is 48.3 Å². The lowest BCUT2D eigenvalue weighted by Gasteiger charge is -2.31. The molecule has 1 fully saturated rings. The molecule has 1 aliphatic rings. The lowest BCUT2D eigenvalue weighted by molar-refractivity contribution is -0.121. The molecule has 2 aromatic rings. The van der Waals surface area contributed by atoms with Gasteiger partial charge < -0.3 is 20.0 Å².